The highest BCUT2D eigenvalue weighted by molar-refractivity contribution is 5.68. The molecule has 0 aliphatic heterocycles. The number of rotatable bonds is 11. The zero-order chi connectivity index (χ0) is 20.3. The van der Waals surface area contributed by atoms with Crippen LogP contribution in [0.25, 0.3) is 0 Å². The van der Waals surface area contributed by atoms with Crippen molar-refractivity contribution in [2.45, 2.75) is 70.4 Å². The number of amides is 1. The Morgan fingerprint density at radius 3 is 2.04 bits per heavy atom. The third-order valence-corrected chi connectivity index (χ3v) is 4.46. The Hall–Kier alpha value is -1.63. The Balaban J connectivity index is 2.59. The number of carbonyl (C=O) groups excluding carboxylic acids is 1. The second-order valence-electron chi connectivity index (χ2n) is 8.14. The first kappa shape index (κ1) is 23.4. The lowest BCUT2D eigenvalue weighted by molar-refractivity contribution is 0.0276. The lowest BCUT2D eigenvalue weighted by Crippen LogP contribution is -2.55. The highest BCUT2D eigenvalue weighted by Crippen LogP contribution is 2.17. The number of unbranched alkanes of at least 4 members (excludes halogenated alkanes) is 2. The Morgan fingerprint density at radius 1 is 1.00 bits per heavy atom. The quantitative estimate of drug-likeness (QED) is 0.442. The fourth-order valence-electron chi connectivity index (χ4n) is 2.78. The van der Waals surface area contributed by atoms with Crippen LogP contribution in [-0.2, 0) is 17.6 Å². The molecule has 154 valence electrons. The molecule has 0 saturated heterocycles. The van der Waals surface area contributed by atoms with Crippen LogP contribution in [0.1, 0.15) is 57.6 Å². The van der Waals surface area contributed by atoms with Crippen LogP contribution < -0.4 is 11.1 Å². The number of nitrogens with one attached hydrogen (secondary N) is 1. The van der Waals surface area contributed by atoms with Crippen molar-refractivity contribution in [2.75, 3.05) is 19.8 Å². The van der Waals surface area contributed by atoms with Crippen molar-refractivity contribution in [3.8, 4) is 0 Å². The number of benzene rings is 1. The van der Waals surface area contributed by atoms with E-state index >= 15 is 0 Å². The molecule has 0 spiro atoms. The molecule has 0 aromatic heterocycles. The van der Waals surface area contributed by atoms with Crippen molar-refractivity contribution in [3.05, 3.63) is 35.4 Å². The van der Waals surface area contributed by atoms with Crippen molar-refractivity contribution >= 4 is 6.09 Å². The van der Waals surface area contributed by atoms with Crippen LogP contribution in [0.5, 0.6) is 0 Å². The average Bonchev–Trinajstić information content (AvgIpc) is 2.62. The summed E-state index contributed by atoms with van der Waals surface area (Å²) in [6.45, 7) is 5.33. The van der Waals surface area contributed by atoms with Crippen LogP contribution in [-0.4, -0.2) is 47.2 Å². The topological polar surface area (TPSA) is 105 Å². The maximum atomic E-state index is 12.0. The van der Waals surface area contributed by atoms with Gasteiger partial charge in [-0.15, -0.1) is 0 Å². The van der Waals surface area contributed by atoms with E-state index in [4.69, 9.17) is 10.5 Å². The Kier molecular flexibility index (Phi) is 9.77. The lowest BCUT2D eigenvalue weighted by Gasteiger charge is -2.32. The molecule has 0 saturated carbocycles. The number of nitrogens with two attached hydrogens (primary N) is 1. The lowest BCUT2D eigenvalue weighted by atomic mass is 9.92. The molecule has 6 nitrogen and oxygen atoms in total. The van der Waals surface area contributed by atoms with Gasteiger partial charge in [0.05, 0.1) is 18.8 Å². The van der Waals surface area contributed by atoms with Crippen LogP contribution in [0.15, 0.2) is 24.3 Å². The van der Waals surface area contributed by atoms with Gasteiger partial charge in [0.25, 0.3) is 0 Å². The fourth-order valence-corrected chi connectivity index (χ4v) is 2.78. The van der Waals surface area contributed by atoms with E-state index in [0.717, 1.165) is 37.8 Å². The van der Waals surface area contributed by atoms with Crippen LogP contribution in [0.4, 0.5) is 4.79 Å². The van der Waals surface area contributed by atoms with E-state index in [0.29, 0.717) is 12.8 Å². The van der Waals surface area contributed by atoms with Gasteiger partial charge >= 0.3 is 6.09 Å². The summed E-state index contributed by atoms with van der Waals surface area (Å²) >= 11 is 0. The molecule has 0 bridgehead atoms. The van der Waals surface area contributed by atoms with Crippen LogP contribution >= 0.6 is 0 Å². The first-order valence-corrected chi connectivity index (χ1v) is 9.74. The Bertz CT molecular complexity index is 548. The summed E-state index contributed by atoms with van der Waals surface area (Å²) in [5.74, 6) is 0. The molecule has 1 aromatic rings. The van der Waals surface area contributed by atoms with Gasteiger partial charge in [-0.1, -0.05) is 30.7 Å². The van der Waals surface area contributed by atoms with E-state index in [1.54, 1.807) is 20.8 Å². The van der Waals surface area contributed by atoms with E-state index < -0.39 is 17.2 Å². The predicted molar refractivity (Wildman–Crippen MR) is 108 cm³/mol. The van der Waals surface area contributed by atoms with Gasteiger partial charge in [0, 0.05) is 0 Å². The summed E-state index contributed by atoms with van der Waals surface area (Å²) < 4.78 is 5.24. The number of ether oxygens (including phenoxy) is 1. The Labute approximate surface area is 163 Å². The predicted octanol–water partition coefficient (Wildman–Crippen LogP) is 2.54. The smallest absolute Gasteiger partial charge is 0.408 e. The molecule has 0 radical (unpaired) electrons. The fraction of sp³-hybridized carbons (Fsp3) is 0.667. The van der Waals surface area contributed by atoms with Gasteiger partial charge in [0.15, 0.2) is 0 Å². The maximum Gasteiger partial charge on any atom is 0.408 e. The van der Waals surface area contributed by atoms with Crippen molar-refractivity contribution < 1.29 is 19.7 Å². The summed E-state index contributed by atoms with van der Waals surface area (Å²) in [6.07, 6.45) is 4.78. The van der Waals surface area contributed by atoms with Gasteiger partial charge in [-0.05, 0) is 70.5 Å². The molecule has 0 fully saturated rings. The van der Waals surface area contributed by atoms with E-state index in [1.165, 1.54) is 5.56 Å². The maximum absolute atomic E-state index is 12.0. The minimum atomic E-state index is -1.11. The first-order chi connectivity index (χ1) is 12.7. The number of hydrogen-bond donors (Lipinski definition) is 4. The molecule has 1 amide bonds. The normalized spacial score (nSPS) is 12.1. The molecule has 0 atom stereocenters. The zero-order valence-corrected chi connectivity index (χ0v) is 17.0. The van der Waals surface area contributed by atoms with Crippen molar-refractivity contribution in [1.82, 2.24) is 5.32 Å². The van der Waals surface area contributed by atoms with Gasteiger partial charge in [-0.25, -0.2) is 4.79 Å². The summed E-state index contributed by atoms with van der Waals surface area (Å²) in [5.41, 5.74) is 6.15. The Morgan fingerprint density at radius 2 is 1.56 bits per heavy atom. The third-order valence-electron chi connectivity index (χ3n) is 4.46. The van der Waals surface area contributed by atoms with Gasteiger partial charge < -0.3 is 26.0 Å². The molecule has 0 aliphatic rings. The first-order valence-electron chi connectivity index (χ1n) is 9.74. The van der Waals surface area contributed by atoms with E-state index in [2.05, 4.69) is 29.6 Å². The SMILES string of the molecule is CC(C)(C)OC(=O)NC(CO)(CO)CCc1ccc(CCCCCN)cc1. The number of carbonyl (C=O) groups is 1. The minimum Gasteiger partial charge on any atom is -0.444 e. The summed E-state index contributed by atoms with van der Waals surface area (Å²) in [6, 6.07) is 8.34. The second kappa shape index (κ2) is 11.3. The monoisotopic (exact) mass is 380 g/mol. The zero-order valence-electron chi connectivity index (χ0n) is 17.0. The van der Waals surface area contributed by atoms with Crippen molar-refractivity contribution in [1.29, 1.82) is 0 Å². The largest absolute Gasteiger partial charge is 0.444 e. The number of aliphatic hydroxyl groups is 2. The van der Waals surface area contributed by atoms with Crippen LogP contribution in [0.3, 0.4) is 0 Å². The van der Waals surface area contributed by atoms with Gasteiger partial charge in [-0.2, -0.15) is 0 Å². The summed E-state index contributed by atoms with van der Waals surface area (Å²) in [5, 5.41) is 22.1. The molecular weight excluding hydrogens is 344 g/mol. The number of alkyl carbamates (subject to hydrolysis) is 1. The molecular formula is C21H36N2O4. The number of aliphatic hydroxyl groups excluding tert-OH is 2. The molecule has 1 aromatic carbocycles. The third kappa shape index (κ3) is 9.22. The molecule has 0 aliphatic carbocycles. The average molecular weight is 381 g/mol. The molecule has 5 N–H and O–H groups in total. The van der Waals surface area contributed by atoms with Crippen LogP contribution in [0, 0.1) is 0 Å². The molecule has 0 unspecified atom stereocenters. The van der Waals surface area contributed by atoms with E-state index in [-0.39, 0.29) is 13.2 Å². The van der Waals surface area contributed by atoms with E-state index in [9.17, 15) is 15.0 Å². The van der Waals surface area contributed by atoms with Crippen molar-refractivity contribution in [3.63, 3.8) is 0 Å². The van der Waals surface area contributed by atoms with Crippen molar-refractivity contribution in [2.24, 2.45) is 5.73 Å². The summed E-state index contributed by atoms with van der Waals surface area (Å²) in [4.78, 5) is 12.0. The molecule has 27 heavy (non-hydrogen) atoms. The highest BCUT2D eigenvalue weighted by atomic mass is 16.6. The molecule has 1 rings (SSSR count). The molecule has 6 heteroatoms. The highest BCUT2D eigenvalue weighted by Gasteiger charge is 2.32. The van der Waals surface area contributed by atoms with Gasteiger partial charge in [-0.3, -0.25) is 0 Å². The van der Waals surface area contributed by atoms with Gasteiger partial charge in [0.2, 0.25) is 0 Å². The second-order valence-corrected chi connectivity index (χ2v) is 8.14. The van der Waals surface area contributed by atoms with E-state index in [1.807, 2.05) is 0 Å². The molecule has 0 heterocycles. The minimum absolute atomic E-state index is 0.359. The van der Waals surface area contributed by atoms with Crippen LogP contribution in [0.2, 0.25) is 0 Å². The number of aryl methyl sites for hydroxylation is 2. The number of hydrogen-bond acceptors (Lipinski definition) is 5. The van der Waals surface area contributed by atoms with Gasteiger partial charge in [0.1, 0.15) is 5.60 Å². The summed E-state index contributed by atoms with van der Waals surface area (Å²) in [7, 11) is 0. The standard InChI is InChI=1S/C21H36N2O4/c1-20(2,3)27-19(26)23-21(15-24,16-25)13-12-18-10-8-17(9-11-18)7-5-4-6-14-22/h8-11,24-25H,4-7,12-16,22H2,1-3H3,(H,23,26).